The van der Waals surface area contributed by atoms with Crippen molar-refractivity contribution in [2.75, 3.05) is 17.2 Å². The lowest BCUT2D eigenvalue weighted by Crippen LogP contribution is -2.32. The van der Waals surface area contributed by atoms with Gasteiger partial charge in [0.05, 0.1) is 29.7 Å². The molecule has 0 saturated heterocycles. The first-order chi connectivity index (χ1) is 10.3. The minimum Gasteiger partial charge on any atom is -0.379 e. The molecule has 4 rings (SSSR count). The summed E-state index contributed by atoms with van der Waals surface area (Å²) >= 11 is 0. The van der Waals surface area contributed by atoms with Crippen molar-refractivity contribution in [3.05, 3.63) is 30.6 Å². The van der Waals surface area contributed by atoms with Crippen molar-refractivity contribution in [1.82, 2.24) is 20.3 Å². The number of aliphatic hydroxyl groups is 1. The second kappa shape index (κ2) is 4.60. The van der Waals surface area contributed by atoms with Gasteiger partial charge in [-0.3, -0.25) is 5.10 Å². The third-order valence-electron chi connectivity index (χ3n) is 3.26. The number of anilines is 2. The van der Waals surface area contributed by atoms with Crippen LogP contribution >= 0.6 is 0 Å². The lowest BCUT2D eigenvalue weighted by atomic mass is 10.1. The van der Waals surface area contributed by atoms with Crippen molar-refractivity contribution in [3.8, 4) is 22.8 Å². The minimum atomic E-state index is -0.614. The van der Waals surface area contributed by atoms with E-state index in [1.54, 1.807) is 12.4 Å². The van der Waals surface area contributed by atoms with E-state index in [2.05, 4.69) is 31.0 Å². The predicted molar refractivity (Wildman–Crippen MR) is 75.4 cm³/mol. The van der Waals surface area contributed by atoms with Crippen LogP contribution < -0.4 is 10.6 Å². The molecule has 3 heterocycles. The molecule has 0 radical (unpaired) electrons. The molecule has 0 aliphatic carbocycles. The van der Waals surface area contributed by atoms with Gasteiger partial charge in [0.2, 0.25) is 5.82 Å². The molecule has 2 aromatic heterocycles. The first kappa shape index (κ1) is 11.9. The van der Waals surface area contributed by atoms with E-state index in [1.807, 2.05) is 18.2 Å². The number of aliphatic hydroxyl groups excluding tert-OH is 1. The van der Waals surface area contributed by atoms with Crippen molar-refractivity contribution in [3.63, 3.8) is 0 Å². The summed E-state index contributed by atoms with van der Waals surface area (Å²) < 4.78 is 5.28. The molecule has 3 aromatic rings. The zero-order valence-electron chi connectivity index (χ0n) is 10.9. The molecule has 0 spiro atoms. The van der Waals surface area contributed by atoms with E-state index in [-0.39, 0.29) is 0 Å². The van der Waals surface area contributed by atoms with Crippen LogP contribution in [0.3, 0.4) is 0 Å². The maximum absolute atomic E-state index is 9.61. The van der Waals surface area contributed by atoms with E-state index in [9.17, 15) is 5.11 Å². The van der Waals surface area contributed by atoms with E-state index in [1.165, 1.54) is 0 Å². The van der Waals surface area contributed by atoms with Crippen molar-refractivity contribution < 1.29 is 9.63 Å². The molecule has 1 aliphatic rings. The summed E-state index contributed by atoms with van der Waals surface area (Å²) in [6, 6.07) is 5.65. The van der Waals surface area contributed by atoms with Gasteiger partial charge in [-0.1, -0.05) is 5.16 Å². The molecule has 106 valence electrons. The number of aromatic nitrogens is 4. The zero-order valence-corrected chi connectivity index (χ0v) is 10.9. The van der Waals surface area contributed by atoms with Crippen LogP contribution in [0, 0.1) is 0 Å². The Morgan fingerprint density at radius 3 is 3.05 bits per heavy atom. The fraction of sp³-hybridized carbons (Fsp3) is 0.154. The topological polar surface area (TPSA) is 112 Å². The van der Waals surface area contributed by atoms with E-state index in [0.29, 0.717) is 18.3 Å². The van der Waals surface area contributed by atoms with Gasteiger partial charge in [-0.25, -0.2) is 0 Å². The van der Waals surface area contributed by atoms with Crippen LogP contribution in [0.2, 0.25) is 0 Å². The average Bonchev–Trinajstić information content (AvgIpc) is 3.17. The molecular weight excluding hydrogens is 272 g/mol. The molecule has 0 saturated carbocycles. The van der Waals surface area contributed by atoms with Gasteiger partial charge in [-0.15, -0.1) is 0 Å². The summed E-state index contributed by atoms with van der Waals surface area (Å²) in [5, 5.41) is 26.2. The highest BCUT2D eigenvalue weighted by Crippen LogP contribution is 2.31. The maximum atomic E-state index is 9.61. The van der Waals surface area contributed by atoms with Crippen molar-refractivity contribution >= 4 is 11.4 Å². The van der Waals surface area contributed by atoms with Crippen LogP contribution in [0.5, 0.6) is 0 Å². The Balaban J connectivity index is 1.69. The first-order valence-electron chi connectivity index (χ1n) is 6.45. The fourth-order valence-corrected chi connectivity index (χ4v) is 2.22. The van der Waals surface area contributed by atoms with Crippen molar-refractivity contribution in [1.29, 1.82) is 0 Å². The molecular formula is C13H12N6O2. The summed E-state index contributed by atoms with van der Waals surface area (Å²) in [6.45, 7) is 0.470. The highest BCUT2D eigenvalue weighted by Gasteiger charge is 2.17. The molecule has 8 heteroatoms. The van der Waals surface area contributed by atoms with Crippen LogP contribution in [0.15, 0.2) is 35.1 Å². The molecule has 1 aliphatic heterocycles. The fourth-order valence-electron chi connectivity index (χ4n) is 2.22. The van der Waals surface area contributed by atoms with E-state index >= 15 is 0 Å². The number of nitrogens with one attached hydrogen (secondary N) is 3. The zero-order chi connectivity index (χ0) is 14.2. The third kappa shape index (κ3) is 2.11. The molecule has 21 heavy (non-hydrogen) atoms. The van der Waals surface area contributed by atoms with E-state index < -0.39 is 6.23 Å². The van der Waals surface area contributed by atoms with Crippen LogP contribution in [0.4, 0.5) is 11.4 Å². The van der Waals surface area contributed by atoms with Gasteiger partial charge in [0.1, 0.15) is 6.23 Å². The third-order valence-corrected chi connectivity index (χ3v) is 3.26. The Morgan fingerprint density at radius 1 is 1.24 bits per heavy atom. The number of β-amino-alcohol motifs (C(OH)–C–C–N with tert-alkyl or cyclic N) is 1. The maximum Gasteiger partial charge on any atom is 0.258 e. The van der Waals surface area contributed by atoms with E-state index in [4.69, 9.17) is 4.52 Å². The summed E-state index contributed by atoms with van der Waals surface area (Å²) in [4.78, 5) is 4.34. The molecule has 0 amide bonds. The highest BCUT2D eigenvalue weighted by atomic mass is 16.5. The Hall–Kier alpha value is -2.87. The Morgan fingerprint density at radius 2 is 2.19 bits per heavy atom. The van der Waals surface area contributed by atoms with Gasteiger partial charge in [-0.2, -0.15) is 10.1 Å². The quantitative estimate of drug-likeness (QED) is 0.561. The standard InChI is InChI=1S/C13H12N6O2/c20-11-6-14-9-2-1-7(3-10(9)17-11)13-18-12(19-21-13)8-4-15-16-5-8/h1-5,11,14,17,20H,6H2,(H,15,16). The number of nitrogens with zero attached hydrogens (tertiary/aromatic N) is 3. The SMILES string of the molecule is OC1CNc2ccc(-c3nc(-c4cn[nH]c4)no3)cc2N1. The molecule has 4 N–H and O–H groups in total. The van der Waals surface area contributed by atoms with Crippen LogP contribution in [0.1, 0.15) is 0 Å². The van der Waals surface area contributed by atoms with Gasteiger partial charge in [0.15, 0.2) is 0 Å². The molecule has 1 aromatic carbocycles. The number of fused-ring (bicyclic) bond motifs is 1. The molecule has 1 atom stereocenters. The van der Waals surface area contributed by atoms with Crippen LogP contribution in [-0.2, 0) is 0 Å². The van der Waals surface area contributed by atoms with E-state index in [0.717, 1.165) is 22.5 Å². The number of hydrogen-bond acceptors (Lipinski definition) is 7. The van der Waals surface area contributed by atoms with Gasteiger partial charge in [-0.05, 0) is 18.2 Å². The number of benzene rings is 1. The monoisotopic (exact) mass is 284 g/mol. The van der Waals surface area contributed by atoms with Gasteiger partial charge >= 0.3 is 0 Å². The Kier molecular flexibility index (Phi) is 2.61. The molecule has 1 unspecified atom stereocenters. The number of H-pyrrole nitrogens is 1. The lowest BCUT2D eigenvalue weighted by molar-refractivity contribution is 0.214. The van der Waals surface area contributed by atoms with Crippen molar-refractivity contribution in [2.45, 2.75) is 6.23 Å². The Bertz CT molecular complexity index is 767. The lowest BCUT2D eigenvalue weighted by Gasteiger charge is -2.24. The van der Waals surface area contributed by atoms with Gasteiger partial charge in [0.25, 0.3) is 5.89 Å². The molecule has 8 nitrogen and oxygen atoms in total. The smallest absolute Gasteiger partial charge is 0.258 e. The second-order valence-electron chi connectivity index (χ2n) is 4.71. The largest absolute Gasteiger partial charge is 0.379 e. The van der Waals surface area contributed by atoms with Gasteiger partial charge < -0.3 is 20.3 Å². The summed E-state index contributed by atoms with van der Waals surface area (Å²) in [5.41, 5.74) is 3.27. The average molecular weight is 284 g/mol. The number of hydrogen-bond donors (Lipinski definition) is 4. The first-order valence-corrected chi connectivity index (χ1v) is 6.45. The number of rotatable bonds is 2. The van der Waals surface area contributed by atoms with Crippen LogP contribution in [0.25, 0.3) is 22.8 Å². The predicted octanol–water partition coefficient (Wildman–Crippen LogP) is 1.28. The van der Waals surface area contributed by atoms with Crippen molar-refractivity contribution in [2.24, 2.45) is 0 Å². The summed E-state index contributed by atoms with van der Waals surface area (Å²) in [7, 11) is 0. The summed E-state index contributed by atoms with van der Waals surface area (Å²) in [5.74, 6) is 0.887. The molecule has 0 bridgehead atoms. The second-order valence-corrected chi connectivity index (χ2v) is 4.71. The number of aromatic amines is 1. The Labute approximate surface area is 119 Å². The molecule has 0 fully saturated rings. The highest BCUT2D eigenvalue weighted by molar-refractivity contribution is 5.76. The van der Waals surface area contributed by atoms with Crippen LogP contribution in [-0.4, -0.2) is 38.2 Å². The minimum absolute atomic E-state index is 0.413. The van der Waals surface area contributed by atoms with Gasteiger partial charge in [0, 0.05) is 11.8 Å². The normalized spacial score (nSPS) is 16.9. The summed E-state index contributed by atoms with van der Waals surface area (Å²) in [6.07, 6.45) is 2.71.